The van der Waals surface area contributed by atoms with Crippen molar-refractivity contribution in [2.45, 2.75) is 6.92 Å². The number of rotatable bonds is 3. The van der Waals surface area contributed by atoms with Crippen molar-refractivity contribution < 1.29 is 18.0 Å². The molecule has 2 aromatic rings. The number of anilines is 2. The summed E-state index contributed by atoms with van der Waals surface area (Å²) >= 11 is 12.1. The summed E-state index contributed by atoms with van der Waals surface area (Å²) in [5, 5.41) is 3.08. The summed E-state index contributed by atoms with van der Waals surface area (Å²) < 4.78 is 25.2. The van der Waals surface area contributed by atoms with Gasteiger partial charge in [0.15, 0.2) is 0 Å². The minimum Gasteiger partial charge on any atom is -0.321 e. The molecule has 1 fully saturated rings. The van der Waals surface area contributed by atoms with Gasteiger partial charge >= 0.3 is 0 Å². The van der Waals surface area contributed by atoms with Crippen LogP contribution < -0.4 is 9.62 Å². The zero-order chi connectivity index (χ0) is 19.1. The van der Waals surface area contributed by atoms with Gasteiger partial charge in [0, 0.05) is 0 Å². The average Bonchev–Trinajstić information content (AvgIpc) is 2.78. The third kappa shape index (κ3) is 3.42. The van der Waals surface area contributed by atoms with Crippen LogP contribution in [-0.4, -0.2) is 26.0 Å². The Balaban J connectivity index is 1.97. The van der Waals surface area contributed by atoms with Crippen molar-refractivity contribution in [3.05, 3.63) is 58.1 Å². The van der Waals surface area contributed by atoms with Crippen LogP contribution in [0, 0.1) is 5.92 Å². The van der Waals surface area contributed by atoms with Gasteiger partial charge in [-0.05, 0) is 30.3 Å². The topological polar surface area (TPSA) is 83.6 Å². The molecule has 1 unspecified atom stereocenters. The van der Waals surface area contributed by atoms with Gasteiger partial charge in [0.05, 0.1) is 38.7 Å². The molecule has 26 heavy (non-hydrogen) atoms. The summed E-state index contributed by atoms with van der Waals surface area (Å²) in [7, 11) is -3.77. The van der Waals surface area contributed by atoms with Gasteiger partial charge in [-0.1, -0.05) is 42.3 Å². The van der Waals surface area contributed by atoms with Crippen LogP contribution in [0.1, 0.15) is 17.3 Å². The number of amides is 2. The SMILES string of the molecule is CC1CS(=O)(=O)N(c2ccc(Cl)c(C(=O)Nc3ccccc3Cl)c2)C1=O. The van der Waals surface area contributed by atoms with Crippen LogP contribution in [0.25, 0.3) is 0 Å². The number of sulfonamides is 1. The first-order valence-corrected chi connectivity index (χ1v) is 9.99. The molecule has 1 heterocycles. The summed E-state index contributed by atoms with van der Waals surface area (Å²) in [5.74, 6) is -2.02. The van der Waals surface area contributed by atoms with Crippen molar-refractivity contribution in [3.63, 3.8) is 0 Å². The largest absolute Gasteiger partial charge is 0.321 e. The van der Waals surface area contributed by atoms with Gasteiger partial charge in [-0.3, -0.25) is 9.59 Å². The van der Waals surface area contributed by atoms with Crippen molar-refractivity contribution in [2.75, 3.05) is 15.4 Å². The van der Waals surface area contributed by atoms with Crippen molar-refractivity contribution >= 4 is 56.4 Å². The Morgan fingerprint density at radius 1 is 1.15 bits per heavy atom. The minimum absolute atomic E-state index is 0.0339. The number of halogens is 2. The van der Waals surface area contributed by atoms with E-state index in [1.54, 1.807) is 31.2 Å². The van der Waals surface area contributed by atoms with E-state index in [1.165, 1.54) is 18.2 Å². The molecule has 0 aromatic heterocycles. The number of nitrogens with one attached hydrogen (secondary N) is 1. The molecule has 0 saturated carbocycles. The zero-order valence-electron chi connectivity index (χ0n) is 13.6. The molecule has 2 aromatic carbocycles. The molecular weight excluding hydrogens is 399 g/mol. The number of nitrogens with zero attached hydrogens (tertiary/aromatic N) is 1. The standard InChI is InChI=1S/C17H14Cl2N2O4S/c1-10-9-26(24,25)21(17(10)23)11-6-7-13(18)12(8-11)16(22)20-15-5-3-2-4-14(15)19/h2-8,10H,9H2,1H3,(H,20,22). The van der Waals surface area contributed by atoms with Gasteiger partial charge in [-0.2, -0.15) is 0 Å². The third-order valence-electron chi connectivity index (χ3n) is 3.91. The van der Waals surface area contributed by atoms with Crippen molar-refractivity contribution in [1.29, 1.82) is 0 Å². The maximum Gasteiger partial charge on any atom is 0.257 e. The van der Waals surface area contributed by atoms with E-state index < -0.39 is 27.8 Å². The molecule has 0 spiro atoms. The first-order valence-electron chi connectivity index (χ1n) is 7.63. The fraction of sp³-hybridized carbons (Fsp3) is 0.176. The molecule has 6 nitrogen and oxygen atoms in total. The Morgan fingerprint density at radius 3 is 2.46 bits per heavy atom. The van der Waals surface area contributed by atoms with E-state index in [2.05, 4.69) is 5.32 Å². The summed E-state index contributed by atoms with van der Waals surface area (Å²) in [6.45, 7) is 1.54. The quantitative estimate of drug-likeness (QED) is 0.834. The normalized spacial score (nSPS) is 18.8. The molecule has 1 N–H and O–H groups in total. The lowest BCUT2D eigenvalue weighted by Gasteiger charge is -2.17. The molecule has 2 amide bonds. The van der Waals surface area contributed by atoms with Crippen molar-refractivity contribution in [3.8, 4) is 0 Å². The summed E-state index contributed by atoms with van der Waals surface area (Å²) in [6.07, 6.45) is 0. The molecule has 3 rings (SSSR count). The van der Waals surface area contributed by atoms with Gasteiger partial charge < -0.3 is 5.32 Å². The highest BCUT2D eigenvalue weighted by Crippen LogP contribution is 2.31. The Morgan fingerprint density at radius 2 is 1.85 bits per heavy atom. The zero-order valence-corrected chi connectivity index (χ0v) is 15.9. The molecule has 136 valence electrons. The minimum atomic E-state index is -3.77. The smallest absolute Gasteiger partial charge is 0.257 e. The predicted molar refractivity (Wildman–Crippen MR) is 101 cm³/mol. The van der Waals surface area contributed by atoms with Crippen molar-refractivity contribution in [1.82, 2.24) is 0 Å². The second-order valence-electron chi connectivity index (χ2n) is 5.88. The highest BCUT2D eigenvalue weighted by Gasteiger charge is 2.42. The average molecular weight is 413 g/mol. The summed E-state index contributed by atoms with van der Waals surface area (Å²) in [4.78, 5) is 24.8. The number of benzene rings is 2. The van der Waals surface area contributed by atoms with Gasteiger partial charge in [0.2, 0.25) is 15.9 Å². The molecule has 9 heteroatoms. The molecule has 1 atom stereocenters. The van der Waals surface area contributed by atoms with E-state index in [-0.39, 0.29) is 22.0 Å². The van der Waals surface area contributed by atoms with Gasteiger partial charge in [-0.25, -0.2) is 12.7 Å². The summed E-state index contributed by atoms with van der Waals surface area (Å²) in [5.41, 5.74) is 0.499. The Hall–Kier alpha value is -2.09. The Labute approximate surface area is 160 Å². The third-order valence-corrected chi connectivity index (χ3v) is 6.44. The lowest BCUT2D eigenvalue weighted by molar-refractivity contribution is -0.119. The van der Waals surface area contributed by atoms with E-state index in [0.29, 0.717) is 10.7 Å². The number of hydrogen-bond acceptors (Lipinski definition) is 4. The number of carbonyl (C=O) groups is 2. The van der Waals surface area contributed by atoms with Crippen LogP contribution in [0.3, 0.4) is 0 Å². The molecule has 0 bridgehead atoms. The fourth-order valence-corrected chi connectivity index (χ4v) is 4.85. The van der Waals surface area contributed by atoms with E-state index in [0.717, 1.165) is 4.31 Å². The monoisotopic (exact) mass is 412 g/mol. The first-order chi connectivity index (χ1) is 12.2. The molecular formula is C17H14Cl2N2O4S. The number of carbonyl (C=O) groups excluding carboxylic acids is 2. The molecule has 1 saturated heterocycles. The van der Waals surface area contributed by atoms with Crippen LogP contribution in [0.4, 0.5) is 11.4 Å². The summed E-state index contributed by atoms with van der Waals surface area (Å²) in [6, 6.07) is 10.7. The Bertz CT molecular complexity index is 1010. The second kappa shape index (κ2) is 6.90. The molecule has 1 aliphatic heterocycles. The Kier molecular flexibility index (Phi) is 4.96. The van der Waals surface area contributed by atoms with Crippen LogP contribution in [0.2, 0.25) is 10.0 Å². The van der Waals surface area contributed by atoms with Crippen LogP contribution in [-0.2, 0) is 14.8 Å². The maximum atomic E-state index is 12.6. The highest BCUT2D eigenvalue weighted by molar-refractivity contribution is 7.94. The molecule has 0 radical (unpaired) electrons. The van der Waals surface area contributed by atoms with Crippen molar-refractivity contribution in [2.24, 2.45) is 5.92 Å². The first kappa shape index (κ1) is 18.7. The van der Waals surface area contributed by atoms with Crippen LogP contribution >= 0.6 is 23.2 Å². The maximum absolute atomic E-state index is 12.6. The lowest BCUT2D eigenvalue weighted by atomic mass is 10.1. The molecule has 0 aliphatic carbocycles. The fourth-order valence-electron chi connectivity index (χ4n) is 2.65. The van der Waals surface area contributed by atoms with E-state index in [9.17, 15) is 18.0 Å². The van der Waals surface area contributed by atoms with E-state index in [4.69, 9.17) is 23.2 Å². The van der Waals surface area contributed by atoms with Crippen LogP contribution in [0.5, 0.6) is 0 Å². The lowest BCUT2D eigenvalue weighted by Crippen LogP contribution is -2.30. The molecule has 1 aliphatic rings. The number of para-hydroxylation sites is 1. The van der Waals surface area contributed by atoms with Gasteiger partial charge in [0.25, 0.3) is 5.91 Å². The predicted octanol–water partition coefficient (Wildman–Crippen LogP) is 3.56. The van der Waals surface area contributed by atoms with Gasteiger partial charge in [-0.15, -0.1) is 0 Å². The van der Waals surface area contributed by atoms with Gasteiger partial charge in [0.1, 0.15) is 0 Å². The number of hydrogen-bond donors (Lipinski definition) is 1. The van der Waals surface area contributed by atoms with E-state index >= 15 is 0 Å². The van der Waals surface area contributed by atoms with E-state index in [1.807, 2.05) is 0 Å². The highest BCUT2D eigenvalue weighted by atomic mass is 35.5. The second-order valence-corrected chi connectivity index (χ2v) is 8.56. The van der Waals surface area contributed by atoms with Crippen LogP contribution in [0.15, 0.2) is 42.5 Å².